The second kappa shape index (κ2) is 2.67. The highest BCUT2D eigenvalue weighted by atomic mass is 15.3. The van der Waals surface area contributed by atoms with E-state index in [2.05, 4.69) is 24.2 Å². The Kier molecular flexibility index (Phi) is 2.09. The molecule has 2 heteroatoms. The lowest BCUT2D eigenvalue weighted by Gasteiger charge is -1.94. The van der Waals surface area contributed by atoms with Crippen molar-refractivity contribution in [2.24, 2.45) is 0 Å². The molecule has 1 N–H and O–H groups in total. The van der Waals surface area contributed by atoms with Crippen molar-refractivity contribution in [3.05, 3.63) is 0 Å². The molecule has 0 aromatic rings. The van der Waals surface area contributed by atoms with E-state index in [9.17, 15) is 0 Å². The van der Waals surface area contributed by atoms with Crippen LogP contribution in [0.1, 0.15) is 13.3 Å². The van der Waals surface area contributed by atoms with Crippen molar-refractivity contribution >= 4 is 0 Å². The van der Waals surface area contributed by atoms with Crippen LogP contribution in [0.15, 0.2) is 0 Å². The van der Waals surface area contributed by atoms with Gasteiger partial charge < -0.3 is 5.32 Å². The van der Waals surface area contributed by atoms with Gasteiger partial charge in [-0.15, -0.1) is 0 Å². The fraction of sp³-hybridized carbons (Fsp3) is 1.00. The van der Waals surface area contributed by atoms with Gasteiger partial charge in [0.2, 0.25) is 0 Å². The molecular formula is C7H16N2. The zero-order chi connectivity index (χ0) is 6.85. The first-order valence-electron chi connectivity index (χ1n) is 3.64. The summed E-state index contributed by atoms with van der Waals surface area (Å²) in [6.45, 7) is 3.43. The molecule has 0 aromatic carbocycles. The van der Waals surface area contributed by atoms with E-state index in [0.717, 1.165) is 18.6 Å². The minimum atomic E-state index is 0.832. The average molecular weight is 128 g/mol. The van der Waals surface area contributed by atoms with Crippen LogP contribution in [0.4, 0.5) is 0 Å². The number of nitrogens with zero attached hydrogens (tertiary/aromatic N) is 1. The number of likely N-dealkylation sites (N-methyl/N-ethyl adjacent to an activating group) is 1. The third-order valence-electron chi connectivity index (χ3n) is 2.32. The van der Waals surface area contributed by atoms with Gasteiger partial charge in [0.15, 0.2) is 0 Å². The highest BCUT2D eigenvalue weighted by molar-refractivity contribution is 4.96. The lowest BCUT2D eigenvalue weighted by atomic mass is 10.2. The molecular weight excluding hydrogens is 112 g/mol. The number of hydrogen-bond acceptors (Lipinski definition) is 2. The molecule has 2 nitrogen and oxygen atoms in total. The lowest BCUT2D eigenvalue weighted by molar-refractivity contribution is 0.562. The highest BCUT2D eigenvalue weighted by Crippen LogP contribution is 2.26. The zero-order valence-corrected chi connectivity index (χ0v) is 6.52. The van der Waals surface area contributed by atoms with Crippen molar-refractivity contribution in [2.45, 2.75) is 25.4 Å². The van der Waals surface area contributed by atoms with E-state index < -0.39 is 0 Å². The summed E-state index contributed by atoms with van der Waals surface area (Å²) in [6.07, 6.45) is 1.30. The Hall–Kier alpha value is -0.0800. The van der Waals surface area contributed by atoms with Gasteiger partial charge >= 0.3 is 0 Å². The minimum Gasteiger partial charge on any atom is -0.320 e. The minimum absolute atomic E-state index is 0.832. The van der Waals surface area contributed by atoms with Gasteiger partial charge in [0.25, 0.3) is 0 Å². The van der Waals surface area contributed by atoms with Crippen LogP contribution in [0.25, 0.3) is 0 Å². The summed E-state index contributed by atoms with van der Waals surface area (Å²) in [5, 5.41) is 3.15. The van der Waals surface area contributed by atoms with Crippen LogP contribution in [0.5, 0.6) is 0 Å². The van der Waals surface area contributed by atoms with Crippen LogP contribution in [0.3, 0.4) is 0 Å². The molecule has 1 aliphatic heterocycles. The van der Waals surface area contributed by atoms with Gasteiger partial charge in [-0.1, -0.05) is 0 Å². The summed E-state index contributed by atoms with van der Waals surface area (Å²) in [7, 11) is 4.19. The first kappa shape index (κ1) is 7.03. The quantitative estimate of drug-likeness (QED) is 0.550. The second-order valence-corrected chi connectivity index (χ2v) is 2.87. The van der Waals surface area contributed by atoms with E-state index in [0.29, 0.717) is 0 Å². The summed E-state index contributed by atoms with van der Waals surface area (Å²) < 4.78 is 0. The Balaban J connectivity index is 2.04. The largest absolute Gasteiger partial charge is 0.320 e. The van der Waals surface area contributed by atoms with Crippen LogP contribution in [0.2, 0.25) is 0 Å². The molecule has 0 spiro atoms. The topological polar surface area (TPSA) is 15.0 Å². The highest BCUT2D eigenvalue weighted by Gasteiger charge is 2.38. The van der Waals surface area contributed by atoms with Crippen molar-refractivity contribution in [1.29, 1.82) is 0 Å². The van der Waals surface area contributed by atoms with Crippen LogP contribution < -0.4 is 5.32 Å². The normalized spacial score (nSPS) is 41.0. The molecule has 1 fully saturated rings. The van der Waals surface area contributed by atoms with E-state index >= 15 is 0 Å². The molecule has 9 heavy (non-hydrogen) atoms. The van der Waals surface area contributed by atoms with E-state index in [1.54, 1.807) is 0 Å². The molecule has 0 saturated carbocycles. The molecule has 0 bridgehead atoms. The lowest BCUT2D eigenvalue weighted by Crippen LogP contribution is -2.11. The zero-order valence-electron chi connectivity index (χ0n) is 6.52. The Morgan fingerprint density at radius 2 is 2.11 bits per heavy atom. The van der Waals surface area contributed by atoms with E-state index in [-0.39, 0.29) is 0 Å². The van der Waals surface area contributed by atoms with Crippen molar-refractivity contribution in [2.75, 3.05) is 20.6 Å². The monoisotopic (exact) mass is 128 g/mol. The van der Waals surface area contributed by atoms with Crippen LogP contribution >= 0.6 is 0 Å². The van der Waals surface area contributed by atoms with Crippen molar-refractivity contribution < 1.29 is 0 Å². The van der Waals surface area contributed by atoms with Crippen molar-refractivity contribution in [1.82, 2.24) is 10.2 Å². The van der Waals surface area contributed by atoms with E-state index in [1.807, 2.05) is 7.05 Å². The van der Waals surface area contributed by atoms with Gasteiger partial charge in [0.1, 0.15) is 0 Å². The summed E-state index contributed by atoms with van der Waals surface area (Å²) in [6, 6.07) is 1.69. The first-order chi connectivity index (χ1) is 4.27. The molecule has 1 aliphatic rings. The van der Waals surface area contributed by atoms with Gasteiger partial charge in [0.05, 0.1) is 0 Å². The third-order valence-corrected chi connectivity index (χ3v) is 2.32. The fourth-order valence-electron chi connectivity index (χ4n) is 1.31. The standard InChI is InChI=1S/C7H16N2/c1-6-7(9(6)3)4-5-8-2/h6-8H,4-5H2,1-3H3. The fourth-order valence-corrected chi connectivity index (χ4v) is 1.31. The molecule has 0 aromatic heterocycles. The molecule has 1 rings (SSSR count). The maximum Gasteiger partial charge on any atom is 0.0261 e. The molecule has 1 saturated heterocycles. The molecule has 0 radical (unpaired) electrons. The van der Waals surface area contributed by atoms with Gasteiger partial charge in [-0.3, -0.25) is 4.90 Å². The van der Waals surface area contributed by atoms with Crippen molar-refractivity contribution in [3.8, 4) is 0 Å². The molecule has 3 atom stereocenters. The summed E-state index contributed by atoms with van der Waals surface area (Å²) in [5.41, 5.74) is 0. The van der Waals surface area contributed by atoms with Gasteiger partial charge in [-0.25, -0.2) is 0 Å². The number of nitrogens with one attached hydrogen (secondary N) is 1. The second-order valence-electron chi connectivity index (χ2n) is 2.87. The van der Waals surface area contributed by atoms with Gasteiger partial charge in [0, 0.05) is 12.1 Å². The predicted octanol–water partition coefficient (Wildman–Crippen LogP) is 0.298. The maximum absolute atomic E-state index is 3.15. The summed E-state index contributed by atoms with van der Waals surface area (Å²) in [4.78, 5) is 2.40. The number of hydrogen-bond donors (Lipinski definition) is 1. The van der Waals surface area contributed by atoms with E-state index in [1.165, 1.54) is 6.42 Å². The average Bonchev–Trinajstić information content (AvgIpc) is 2.39. The number of rotatable bonds is 3. The molecule has 3 unspecified atom stereocenters. The van der Waals surface area contributed by atoms with Crippen LogP contribution in [0, 0.1) is 0 Å². The van der Waals surface area contributed by atoms with Crippen LogP contribution in [-0.4, -0.2) is 37.6 Å². The predicted molar refractivity (Wildman–Crippen MR) is 39.6 cm³/mol. The molecule has 54 valence electrons. The van der Waals surface area contributed by atoms with Crippen molar-refractivity contribution in [3.63, 3.8) is 0 Å². The smallest absolute Gasteiger partial charge is 0.0261 e. The van der Waals surface area contributed by atoms with E-state index in [4.69, 9.17) is 0 Å². The van der Waals surface area contributed by atoms with Gasteiger partial charge in [-0.05, 0) is 34.0 Å². The summed E-state index contributed by atoms with van der Waals surface area (Å²) in [5.74, 6) is 0. The molecule has 0 aliphatic carbocycles. The Bertz CT molecular complexity index is 84.9. The summed E-state index contributed by atoms with van der Waals surface area (Å²) >= 11 is 0. The van der Waals surface area contributed by atoms with Gasteiger partial charge in [-0.2, -0.15) is 0 Å². The Morgan fingerprint density at radius 3 is 2.44 bits per heavy atom. The van der Waals surface area contributed by atoms with Crippen LogP contribution in [-0.2, 0) is 0 Å². The SMILES string of the molecule is CNCCC1C(C)N1C. The Labute approximate surface area is 57.2 Å². The first-order valence-corrected chi connectivity index (χ1v) is 3.64. The third kappa shape index (κ3) is 1.43. The molecule has 1 heterocycles. The Morgan fingerprint density at radius 1 is 1.56 bits per heavy atom. The maximum atomic E-state index is 3.15. The molecule has 0 amide bonds.